The summed E-state index contributed by atoms with van der Waals surface area (Å²) in [5, 5.41) is 2.60. The van der Waals surface area contributed by atoms with Crippen molar-refractivity contribution in [2.75, 3.05) is 25.6 Å². The van der Waals surface area contributed by atoms with Gasteiger partial charge < -0.3 is 14.8 Å². The number of imide groups is 1. The molecule has 1 saturated heterocycles. The third-order valence-electron chi connectivity index (χ3n) is 4.86. The Morgan fingerprint density at radius 1 is 1.14 bits per heavy atom. The van der Waals surface area contributed by atoms with Gasteiger partial charge in [0.15, 0.2) is 6.61 Å². The second-order valence-corrected chi connectivity index (χ2v) is 6.67. The van der Waals surface area contributed by atoms with Crippen molar-refractivity contribution in [2.45, 2.75) is 19.3 Å². The molecule has 1 aliphatic heterocycles. The number of likely N-dealkylation sites (tertiary alicyclic amines) is 1. The average Bonchev–Trinajstić information content (AvgIpc) is 2.95. The third kappa shape index (κ3) is 4.39. The normalized spacial score (nSPS) is 20.7. The quantitative estimate of drug-likeness (QED) is 0.433. The summed E-state index contributed by atoms with van der Waals surface area (Å²) in [5.74, 6) is -1.65. The van der Waals surface area contributed by atoms with E-state index in [9.17, 15) is 19.2 Å². The van der Waals surface area contributed by atoms with E-state index >= 15 is 0 Å². The molecule has 2 atom stereocenters. The second-order valence-electron chi connectivity index (χ2n) is 6.67. The SMILES string of the molecule is COc1cccc(NC(=O)COC(=O)CCN2C(=O)[C@H]3CC=CC[C@H]3C2=O)c1. The van der Waals surface area contributed by atoms with E-state index in [0.29, 0.717) is 24.3 Å². The molecule has 1 heterocycles. The van der Waals surface area contributed by atoms with Gasteiger partial charge in [-0.3, -0.25) is 24.1 Å². The Labute approximate surface area is 162 Å². The van der Waals surface area contributed by atoms with Gasteiger partial charge in [-0.2, -0.15) is 0 Å². The van der Waals surface area contributed by atoms with Gasteiger partial charge in [-0.25, -0.2) is 0 Å². The van der Waals surface area contributed by atoms with Crippen LogP contribution in [0.1, 0.15) is 19.3 Å². The Morgan fingerprint density at radius 3 is 2.46 bits per heavy atom. The average molecular weight is 386 g/mol. The number of anilines is 1. The minimum absolute atomic E-state index is 0.0268. The van der Waals surface area contributed by atoms with Crippen molar-refractivity contribution in [1.82, 2.24) is 4.90 Å². The van der Waals surface area contributed by atoms with E-state index in [1.54, 1.807) is 24.3 Å². The van der Waals surface area contributed by atoms with Crippen LogP contribution in [0.3, 0.4) is 0 Å². The number of hydrogen-bond acceptors (Lipinski definition) is 6. The zero-order valence-electron chi connectivity index (χ0n) is 15.6. The van der Waals surface area contributed by atoms with Crippen LogP contribution < -0.4 is 10.1 Å². The molecule has 0 aromatic heterocycles. The Balaban J connectivity index is 1.42. The smallest absolute Gasteiger partial charge is 0.308 e. The summed E-state index contributed by atoms with van der Waals surface area (Å²) in [6, 6.07) is 6.78. The molecular weight excluding hydrogens is 364 g/mol. The highest BCUT2D eigenvalue weighted by Gasteiger charge is 2.46. The van der Waals surface area contributed by atoms with Crippen LogP contribution in [-0.2, 0) is 23.9 Å². The molecule has 148 valence electrons. The summed E-state index contributed by atoms with van der Waals surface area (Å²) in [5.41, 5.74) is 0.518. The number of esters is 1. The molecule has 1 aromatic rings. The lowest BCUT2D eigenvalue weighted by Gasteiger charge is -2.14. The van der Waals surface area contributed by atoms with Crippen molar-refractivity contribution < 1.29 is 28.7 Å². The number of ether oxygens (including phenoxy) is 2. The van der Waals surface area contributed by atoms with Crippen molar-refractivity contribution in [2.24, 2.45) is 11.8 Å². The number of carbonyl (C=O) groups is 4. The molecule has 8 heteroatoms. The second kappa shape index (κ2) is 8.69. The van der Waals surface area contributed by atoms with Gasteiger partial charge in [0, 0.05) is 18.3 Å². The van der Waals surface area contributed by atoms with Crippen molar-refractivity contribution >= 4 is 29.4 Å². The predicted octanol–water partition coefficient (Wildman–Crippen LogP) is 1.52. The van der Waals surface area contributed by atoms with Crippen LogP contribution in [0, 0.1) is 11.8 Å². The molecule has 2 aliphatic rings. The number of carbonyl (C=O) groups excluding carboxylic acids is 4. The molecule has 1 fully saturated rings. The van der Waals surface area contributed by atoms with Crippen molar-refractivity contribution in [3.63, 3.8) is 0 Å². The molecular formula is C20H22N2O6. The summed E-state index contributed by atoms with van der Waals surface area (Å²) in [6.45, 7) is -0.478. The fraction of sp³-hybridized carbons (Fsp3) is 0.400. The number of nitrogens with zero attached hydrogens (tertiary/aromatic N) is 1. The molecule has 1 aromatic carbocycles. The van der Waals surface area contributed by atoms with Gasteiger partial charge in [-0.05, 0) is 25.0 Å². The summed E-state index contributed by atoms with van der Waals surface area (Å²) >= 11 is 0. The first-order chi connectivity index (χ1) is 13.5. The number of amides is 3. The highest BCUT2D eigenvalue weighted by molar-refractivity contribution is 6.05. The molecule has 28 heavy (non-hydrogen) atoms. The van der Waals surface area contributed by atoms with Gasteiger partial charge in [-0.15, -0.1) is 0 Å². The predicted molar refractivity (Wildman–Crippen MR) is 99.3 cm³/mol. The molecule has 8 nitrogen and oxygen atoms in total. The summed E-state index contributed by atoms with van der Waals surface area (Å²) < 4.78 is 10.0. The number of allylic oxidation sites excluding steroid dienone is 2. The molecule has 0 bridgehead atoms. The Hall–Kier alpha value is -3.16. The lowest BCUT2D eigenvalue weighted by molar-refractivity contribution is -0.148. The van der Waals surface area contributed by atoms with Crippen molar-refractivity contribution in [1.29, 1.82) is 0 Å². The first-order valence-electron chi connectivity index (χ1n) is 9.09. The maximum atomic E-state index is 12.3. The van der Waals surface area contributed by atoms with E-state index in [2.05, 4.69) is 5.32 Å². The maximum absolute atomic E-state index is 12.3. The standard InChI is InChI=1S/C20H22N2O6/c1-27-14-6-4-5-13(11-14)21-17(23)12-28-18(24)9-10-22-19(25)15-7-2-3-8-16(15)20(22)26/h2-6,11,15-16H,7-10,12H2,1H3,(H,21,23)/t15-,16+. The minimum Gasteiger partial charge on any atom is -0.497 e. The fourth-order valence-corrected chi connectivity index (χ4v) is 3.41. The molecule has 0 radical (unpaired) electrons. The van der Waals surface area contributed by atoms with Crippen LogP contribution in [0.15, 0.2) is 36.4 Å². The van der Waals surface area contributed by atoms with Gasteiger partial charge >= 0.3 is 5.97 Å². The first-order valence-corrected chi connectivity index (χ1v) is 9.09. The van der Waals surface area contributed by atoms with Crippen LogP contribution in [-0.4, -0.2) is 48.9 Å². The topological polar surface area (TPSA) is 102 Å². The Kier molecular flexibility index (Phi) is 6.08. The molecule has 0 saturated carbocycles. The molecule has 3 rings (SSSR count). The minimum atomic E-state index is -0.644. The monoisotopic (exact) mass is 386 g/mol. The largest absolute Gasteiger partial charge is 0.497 e. The number of fused-ring (bicyclic) bond motifs is 1. The van der Waals surface area contributed by atoms with E-state index in [-0.39, 0.29) is 36.6 Å². The van der Waals surface area contributed by atoms with Gasteiger partial charge in [0.1, 0.15) is 5.75 Å². The van der Waals surface area contributed by atoms with E-state index in [1.807, 2.05) is 12.2 Å². The van der Waals surface area contributed by atoms with Crippen LogP contribution in [0.2, 0.25) is 0 Å². The molecule has 1 N–H and O–H groups in total. The molecule has 0 unspecified atom stereocenters. The Bertz CT molecular complexity index is 793. The van der Waals surface area contributed by atoms with Gasteiger partial charge in [0.25, 0.3) is 5.91 Å². The third-order valence-corrected chi connectivity index (χ3v) is 4.86. The molecule has 1 aliphatic carbocycles. The van der Waals surface area contributed by atoms with Crippen LogP contribution in [0.4, 0.5) is 5.69 Å². The summed E-state index contributed by atoms with van der Waals surface area (Å²) in [7, 11) is 1.52. The number of nitrogens with one attached hydrogen (secondary N) is 1. The van der Waals surface area contributed by atoms with E-state index in [1.165, 1.54) is 7.11 Å². The Morgan fingerprint density at radius 2 is 1.82 bits per heavy atom. The summed E-state index contributed by atoms with van der Waals surface area (Å²) in [6.07, 6.45) is 4.79. The first kappa shape index (κ1) is 19.6. The maximum Gasteiger partial charge on any atom is 0.308 e. The van der Waals surface area contributed by atoms with Crippen LogP contribution in [0.5, 0.6) is 5.75 Å². The number of hydrogen-bond donors (Lipinski definition) is 1. The lowest BCUT2D eigenvalue weighted by atomic mass is 9.85. The molecule has 3 amide bonds. The highest BCUT2D eigenvalue weighted by Crippen LogP contribution is 2.35. The summed E-state index contributed by atoms with van der Waals surface area (Å²) in [4.78, 5) is 49.6. The fourth-order valence-electron chi connectivity index (χ4n) is 3.41. The van der Waals surface area contributed by atoms with Crippen molar-refractivity contribution in [3.05, 3.63) is 36.4 Å². The van der Waals surface area contributed by atoms with Crippen LogP contribution in [0.25, 0.3) is 0 Å². The van der Waals surface area contributed by atoms with E-state index in [4.69, 9.17) is 9.47 Å². The lowest BCUT2D eigenvalue weighted by Crippen LogP contribution is -2.33. The zero-order chi connectivity index (χ0) is 20.1. The number of rotatable bonds is 7. The zero-order valence-corrected chi connectivity index (χ0v) is 15.6. The van der Waals surface area contributed by atoms with E-state index < -0.39 is 18.5 Å². The number of benzene rings is 1. The van der Waals surface area contributed by atoms with Gasteiger partial charge in [0.05, 0.1) is 25.4 Å². The van der Waals surface area contributed by atoms with Crippen LogP contribution >= 0.6 is 0 Å². The number of methoxy groups -OCH3 is 1. The van der Waals surface area contributed by atoms with E-state index in [0.717, 1.165) is 4.90 Å². The van der Waals surface area contributed by atoms with Gasteiger partial charge in [-0.1, -0.05) is 18.2 Å². The van der Waals surface area contributed by atoms with Gasteiger partial charge in [0.2, 0.25) is 11.8 Å². The molecule has 0 spiro atoms. The van der Waals surface area contributed by atoms with Crippen molar-refractivity contribution in [3.8, 4) is 5.75 Å². The highest BCUT2D eigenvalue weighted by atomic mass is 16.5.